The number of nitrogens with zero attached hydrogens (tertiary/aromatic N) is 2. The molecule has 2 rings (SSSR count). The number of nitrogens with one attached hydrogen (secondary N) is 2. The van der Waals surface area contributed by atoms with E-state index in [9.17, 15) is 8.42 Å². The lowest BCUT2D eigenvalue weighted by Crippen LogP contribution is -2.46. The monoisotopic (exact) mass is 272 g/mol. The molecule has 1 aliphatic rings. The van der Waals surface area contributed by atoms with Gasteiger partial charge in [-0.05, 0) is 39.8 Å². The number of aromatic nitrogens is 2. The van der Waals surface area contributed by atoms with Gasteiger partial charge in [-0.3, -0.25) is 5.10 Å². The maximum atomic E-state index is 12.0. The van der Waals surface area contributed by atoms with Crippen molar-refractivity contribution in [2.45, 2.75) is 43.7 Å². The van der Waals surface area contributed by atoms with E-state index in [-0.39, 0.29) is 10.9 Å². The summed E-state index contributed by atoms with van der Waals surface area (Å²) in [5.41, 5.74) is 0. The number of likely N-dealkylation sites (tertiary alicyclic amines) is 1. The molecule has 0 aliphatic carbocycles. The van der Waals surface area contributed by atoms with Gasteiger partial charge in [0.2, 0.25) is 10.0 Å². The molecule has 0 spiro atoms. The summed E-state index contributed by atoms with van der Waals surface area (Å²) in [6, 6.07) is 0.552. The fourth-order valence-corrected chi connectivity index (χ4v) is 3.42. The minimum Gasteiger partial charge on any atom is -0.301 e. The number of aromatic amines is 1. The van der Waals surface area contributed by atoms with Crippen LogP contribution in [0, 0.1) is 0 Å². The predicted octanol–water partition coefficient (Wildman–Crippen LogP) is 0.561. The zero-order valence-electron chi connectivity index (χ0n) is 10.8. The van der Waals surface area contributed by atoms with Crippen molar-refractivity contribution in [3.63, 3.8) is 0 Å². The van der Waals surface area contributed by atoms with Crippen molar-refractivity contribution in [2.24, 2.45) is 0 Å². The summed E-state index contributed by atoms with van der Waals surface area (Å²) < 4.78 is 26.7. The quantitative estimate of drug-likeness (QED) is 0.839. The van der Waals surface area contributed by atoms with Crippen LogP contribution in [0.25, 0.3) is 0 Å². The van der Waals surface area contributed by atoms with Gasteiger partial charge in [0.25, 0.3) is 0 Å². The Balaban J connectivity index is 1.92. The molecule has 1 saturated heterocycles. The van der Waals surface area contributed by atoms with E-state index in [1.807, 2.05) is 0 Å². The zero-order chi connectivity index (χ0) is 13.2. The molecular formula is C11H20N4O2S. The highest BCUT2D eigenvalue weighted by molar-refractivity contribution is 7.89. The van der Waals surface area contributed by atoms with Gasteiger partial charge in [0.15, 0.2) is 0 Å². The molecule has 0 bridgehead atoms. The van der Waals surface area contributed by atoms with E-state index >= 15 is 0 Å². The van der Waals surface area contributed by atoms with E-state index in [4.69, 9.17) is 0 Å². The maximum Gasteiger partial charge on any atom is 0.243 e. The van der Waals surface area contributed by atoms with Crippen molar-refractivity contribution >= 4 is 10.0 Å². The molecule has 0 saturated carbocycles. The van der Waals surface area contributed by atoms with Crippen molar-refractivity contribution in [3.8, 4) is 0 Å². The van der Waals surface area contributed by atoms with E-state index in [1.54, 1.807) is 0 Å². The first-order chi connectivity index (χ1) is 8.49. The Labute approximate surface area is 108 Å². The van der Waals surface area contributed by atoms with Gasteiger partial charge in [-0.2, -0.15) is 5.10 Å². The highest BCUT2D eigenvalue weighted by Crippen LogP contribution is 2.15. The van der Waals surface area contributed by atoms with Crippen molar-refractivity contribution in [3.05, 3.63) is 12.4 Å². The number of sulfonamides is 1. The van der Waals surface area contributed by atoms with Gasteiger partial charge in [-0.1, -0.05) is 0 Å². The Bertz CT molecular complexity index is 461. The van der Waals surface area contributed by atoms with Crippen LogP contribution in [0.4, 0.5) is 0 Å². The molecule has 6 nitrogen and oxygen atoms in total. The number of piperidine rings is 1. The normalized spacial score (nSPS) is 19.5. The summed E-state index contributed by atoms with van der Waals surface area (Å²) in [4.78, 5) is 2.57. The van der Waals surface area contributed by atoms with Crippen LogP contribution < -0.4 is 4.72 Å². The summed E-state index contributed by atoms with van der Waals surface area (Å²) in [7, 11) is -3.42. The number of rotatable bonds is 4. The van der Waals surface area contributed by atoms with E-state index in [0.29, 0.717) is 6.04 Å². The van der Waals surface area contributed by atoms with Crippen LogP contribution in [0.2, 0.25) is 0 Å². The minimum atomic E-state index is -3.42. The maximum absolute atomic E-state index is 12.0. The fraction of sp³-hybridized carbons (Fsp3) is 0.727. The Morgan fingerprint density at radius 3 is 2.61 bits per heavy atom. The summed E-state index contributed by atoms with van der Waals surface area (Å²) in [5.74, 6) is 0. The zero-order valence-corrected chi connectivity index (χ0v) is 11.6. The van der Waals surface area contributed by atoms with E-state index in [2.05, 4.69) is 33.7 Å². The Morgan fingerprint density at radius 2 is 2.11 bits per heavy atom. The number of hydrogen-bond donors (Lipinski definition) is 2. The van der Waals surface area contributed by atoms with Crippen LogP contribution in [-0.2, 0) is 10.0 Å². The summed E-state index contributed by atoms with van der Waals surface area (Å²) in [6.45, 7) is 6.21. The average molecular weight is 272 g/mol. The second-order valence-corrected chi connectivity index (χ2v) is 6.67. The van der Waals surface area contributed by atoms with Gasteiger partial charge in [0, 0.05) is 18.3 Å². The first-order valence-corrected chi connectivity index (χ1v) is 7.72. The van der Waals surface area contributed by atoms with Crippen molar-refractivity contribution < 1.29 is 8.42 Å². The van der Waals surface area contributed by atoms with Gasteiger partial charge in [0.05, 0.1) is 6.20 Å². The molecule has 1 aliphatic heterocycles. The van der Waals surface area contributed by atoms with E-state index in [0.717, 1.165) is 25.9 Å². The first-order valence-electron chi connectivity index (χ1n) is 6.24. The van der Waals surface area contributed by atoms with E-state index < -0.39 is 10.0 Å². The van der Waals surface area contributed by atoms with Crippen LogP contribution in [0.15, 0.2) is 17.3 Å². The lowest BCUT2D eigenvalue weighted by Gasteiger charge is -2.34. The minimum absolute atomic E-state index is 0.0277. The first kappa shape index (κ1) is 13.5. The molecule has 0 aromatic carbocycles. The molecule has 0 radical (unpaired) electrons. The second kappa shape index (κ2) is 5.38. The lowest BCUT2D eigenvalue weighted by atomic mass is 10.1. The fourth-order valence-electron chi connectivity index (χ4n) is 2.21. The predicted molar refractivity (Wildman–Crippen MR) is 68.6 cm³/mol. The number of H-pyrrole nitrogens is 1. The van der Waals surface area contributed by atoms with E-state index in [1.165, 1.54) is 12.4 Å². The Kier molecular flexibility index (Phi) is 4.04. The molecule has 18 heavy (non-hydrogen) atoms. The topological polar surface area (TPSA) is 78.1 Å². The van der Waals surface area contributed by atoms with Gasteiger partial charge < -0.3 is 4.90 Å². The molecule has 1 fully saturated rings. The third-order valence-corrected chi connectivity index (χ3v) is 4.85. The summed E-state index contributed by atoms with van der Waals surface area (Å²) >= 11 is 0. The number of hydrogen-bond acceptors (Lipinski definition) is 4. The van der Waals surface area contributed by atoms with Gasteiger partial charge in [0.1, 0.15) is 4.90 Å². The molecule has 0 amide bonds. The van der Waals surface area contributed by atoms with Crippen LogP contribution in [0.3, 0.4) is 0 Å². The summed E-state index contributed by atoms with van der Waals surface area (Å²) in [5, 5.41) is 6.18. The van der Waals surface area contributed by atoms with Gasteiger partial charge in [-0.25, -0.2) is 13.1 Å². The molecule has 2 heterocycles. The second-order valence-electron chi connectivity index (χ2n) is 4.96. The molecule has 1 aromatic rings. The highest BCUT2D eigenvalue weighted by Gasteiger charge is 2.25. The Hall–Kier alpha value is -0.920. The molecule has 7 heteroatoms. The third-order valence-electron chi connectivity index (χ3n) is 3.37. The smallest absolute Gasteiger partial charge is 0.243 e. The molecule has 0 unspecified atom stereocenters. The third kappa shape index (κ3) is 3.09. The summed E-state index contributed by atoms with van der Waals surface area (Å²) in [6.07, 6.45) is 4.43. The molecule has 2 N–H and O–H groups in total. The lowest BCUT2D eigenvalue weighted by molar-refractivity contribution is 0.168. The molecular weight excluding hydrogens is 252 g/mol. The molecule has 1 aromatic heterocycles. The average Bonchev–Trinajstić information content (AvgIpc) is 2.83. The molecule has 0 atom stereocenters. The van der Waals surface area contributed by atoms with Gasteiger partial charge >= 0.3 is 0 Å². The van der Waals surface area contributed by atoms with Crippen LogP contribution >= 0.6 is 0 Å². The van der Waals surface area contributed by atoms with Crippen LogP contribution in [-0.4, -0.2) is 48.7 Å². The van der Waals surface area contributed by atoms with Crippen molar-refractivity contribution in [2.75, 3.05) is 13.1 Å². The van der Waals surface area contributed by atoms with Crippen molar-refractivity contribution in [1.29, 1.82) is 0 Å². The highest BCUT2D eigenvalue weighted by atomic mass is 32.2. The Morgan fingerprint density at radius 1 is 1.44 bits per heavy atom. The SMILES string of the molecule is CC(C)N1CCC(NS(=O)(=O)c2cn[nH]c2)CC1. The van der Waals surface area contributed by atoms with Gasteiger partial charge in [-0.15, -0.1) is 0 Å². The standard InChI is InChI=1S/C11H20N4O2S/c1-9(2)15-5-3-10(4-6-15)14-18(16,17)11-7-12-13-8-11/h7-10,14H,3-6H2,1-2H3,(H,12,13). The largest absolute Gasteiger partial charge is 0.301 e. The van der Waals surface area contributed by atoms with Crippen LogP contribution in [0.1, 0.15) is 26.7 Å². The molecule has 102 valence electrons. The van der Waals surface area contributed by atoms with Crippen LogP contribution in [0.5, 0.6) is 0 Å². The van der Waals surface area contributed by atoms with Crippen molar-refractivity contribution in [1.82, 2.24) is 19.8 Å².